The molecule has 182 valence electrons. The van der Waals surface area contributed by atoms with Crippen molar-refractivity contribution >= 4 is 23.5 Å². The van der Waals surface area contributed by atoms with Crippen molar-refractivity contribution in [2.24, 2.45) is 0 Å². The van der Waals surface area contributed by atoms with E-state index in [0.717, 1.165) is 43.2 Å². The molecule has 3 amide bonds. The van der Waals surface area contributed by atoms with Crippen LogP contribution >= 0.6 is 0 Å². The molecule has 1 aliphatic carbocycles. The molecule has 0 radical (unpaired) electrons. The summed E-state index contributed by atoms with van der Waals surface area (Å²) in [5, 5.41) is 9.49. The van der Waals surface area contributed by atoms with E-state index >= 15 is 0 Å². The summed E-state index contributed by atoms with van der Waals surface area (Å²) in [6.45, 7) is 7.77. The lowest BCUT2D eigenvalue weighted by molar-refractivity contribution is -0.141. The molecule has 8 heteroatoms. The molecular formula is C26H34N4O4. The highest BCUT2D eigenvalue weighted by atomic mass is 16.5. The van der Waals surface area contributed by atoms with Crippen LogP contribution in [0.2, 0.25) is 0 Å². The van der Waals surface area contributed by atoms with Gasteiger partial charge in [-0.1, -0.05) is 55.3 Å². The highest BCUT2D eigenvalue weighted by Gasteiger charge is 2.32. The third kappa shape index (κ3) is 6.79. The number of aromatic nitrogens is 1. The highest BCUT2D eigenvalue weighted by Crippen LogP contribution is 2.26. The first-order valence-corrected chi connectivity index (χ1v) is 11.9. The lowest BCUT2D eigenvalue weighted by atomic mass is 10.0. The van der Waals surface area contributed by atoms with Gasteiger partial charge < -0.3 is 20.1 Å². The van der Waals surface area contributed by atoms with Gasteiger partial charge in [0, 0.05) is 31.5 Å². The van der Waals surface area contributed by atoms with Crippen LogP contribution in [0.5, 0.6) is 0 Å². The van der Waals surface area contributed by atoms with Gasteiger partial charge in [-0.15, -0.1) is 6.58 Å². The lowest BCUT2D eigenvalue weighted by Gasteiger charge is -2.31. The molecule has 1 aromatic carbocycles. The van der Waals surface area contributed by atoms with Gasteiger partial charge in [0.1, 0.15) is 11.8 Å². The average molecular weight is 467 g/mol. The quantitative estimate of drug-likeness (QED) is 0.486. The van der Waals surface area contributed by atoms with Gasteiger partial charge in [0.25, 0.3) is 0 Å². The van der Waals surface area contributed by atoms with Crippen molar-refractivity contribution in [1.82, 2.24) is 15.4 Å². The summed E-state index contributed by atoms with van der Waals surface area (Å²) in [5.74, 6) is 0.0438. The van der Waals surface area contributed by atoms with E-state index in [1.54, 1.807) is 19.1 Å². The Kier molecular flexibility index (Phi) is 9.01. The molecule has 0 bridgehead atoms. The van der Waals surface area contributed by atoms with Crippen molar-refractivity contribution < 1.29 is 18.9 Å². The van der Waals surface area contributed by atoms with Gasteiger partial charge in [0.15, 0.2) is 5.82 Å². The minimum atomic E-state index is -0.793. The predicted molar refractivity (Wildman–Crippen MR) is 130 cm³/mol. The van der Waals surface area contributed by atoms with Gasteiger partial charge >= 0.3 is 0 Å². The van der Waals surface area contributed by atoms with Crippen molar-refractivity contribution in [3.05, 3.63) is 59.9 Å². The molecule has 0 aliphatic heterocycles. The maximum atomic E-state index is 13.4. The molecule has 1 atom stereocenters. The Morgan fingerprint density at radius 2 is 1.91 bits per heavy atom. The number of carbonyl (C=O) groups is 3. The molecule has 1 aromatic heterocycles. The summed E-state index contributed by atoms with van der Waals surface area (Å²) in [7, 11) is 0. The molecule has 34 heavy (non-hydrogen) atoms. The van der Waals surface area contributed by atoms with Crippen molar-refractivity contribution in [3.8, 4) is 0 Å². The molecule has 8 nitrogen and oxygen atoms in total. The Hall–Kier alpha value is -3.42. The Balaban J connectivity index is 1.75. The summed E-state index contributed by atoms with van der Waals surface area (Å²) >= 11 is 0. The predicted octanol–water partition coefficient (Wildman–Crippen LogP) is 4.08. The van der Waals surface area contributed by atoms with E-state index in [2.05, 4.69) is 29.3 Å². The standard InChI is InChI=1S/C26H34N4O4/c1-4-16-30(24(32)15-14-23(31)28-22-17-18(3)34-29-22)25(20-12-10-19(5-2)11-13-20)26(33)27-21-8-6-7-9-21/h4,10-13,17,21,25H,1,5-9,14-16H2,2-3H3,(H,27,33)(H,28,29,31)/t25-/m1/s1. The van der Waals surface area contributed by atoms with E-state index in [1.807, 2.05) is 24.3 Å². The number of rotatable bonds is 11. The molecule has 3 rings (SSSR count). The molecule has 1 fully saturated rings. The number of amides is 3. The minimum absolute atomic E-state index is 0.0376. The average Bonchev–Trinajstić information content (AvgIpc) is 3.49. The second kappa shape index (κ2) is 12.2. The number of hydrogen-bond donors (Lipinski definition) is 2. The zero-order valence-electron chi connectivity index (χ0n) is 20.0. The number of aryl methyl sites for hydroxylation is 2. The third-order valence-electron chi connectivity index (χ3n) is 6.07. The largest absolute Gasteiger partial charge is 0.360 e. The van der Waals surface area contributed by atoms with Gasteiger partial charge in [-0.25, -0.2) is 0 Å². The number of carbonyl (C=O) groups excluding carboxylic acids is 3. The van der Waals surface area contributed by atoms with Crippen LogP contribution in [0.1, 0.15) is 68.4 Å². The summed E-state index contributed by atoms with van der Waals surface area (Å²) in [6.07, 6.45) is 6.49. The first-order chi connectivity index (χ1) is 16.4. The van der Waals surface area contributed by atoms with E-state index in [9.17, 15) is 14.4 Å². The van der Waals surface area contributed by atoms with Crippen LogP contribution < -0.4 is 10.6 Å². The fourth-order valence-electron chi connectivity index (χ4n) is 4.24. The van der Waals surface area contributed by atoms with Crippen molar-refractivity contribution in [3.63, 3.8) is 0 Å². The van der Waals surface area contributed by atoms with Crippen LogP contribution in [-0.2, 0) is 20.8 Å². The molecule has 1 aliphatic rings. The molecule has 0 spiro atoms. The van der Waals surface area contributed by atoms with Crippen LogP contribution in [0.25, 0.3) is 0 Å². The van der Waals surface area contributed by atoms with Crippen LogP contribution in [0, 0.1) is 6.92 Å². The normalized spacial score (nSPS) is 14.4. The fourth-order valence-corrected chi connectivity index (χ4v) is 4.24. The molecule has 2 aromatic rings. The lowest BCUT2D eigenvalue weighted by Crippen LogP contribution is -2.46. The molecule has 1 saturated carbocycles. The van der Waals surface area contributed by atoms with Gasteiger partial charge in [-0.3, -0.25) is 14.4 Å². The number of nitrogens with one attached hydrogen (secondary N) is 2. The molecule has 0 saturated heterocycles. The zero-order valence-corrected chi connectivity index (χ0v) is 20.0. The minimum Gasteiger partial charge on any atom is -0.360 e. The SMILES string of the molecule is C=CCN(C(=O)CCC(=O)Nc1cc(C)on1)[C@@H](C(=O)NC1CCCC1)c1ccc(CC)cc1. The number of hydrogen-bond acceptors (Lipinski definition) is 5. The Labute approximate surface area is 200 Å². The first-order valence-electron chi connectivity index (χ1n) is 11.9. The second-order valence-electron chi connectivity index (χ2n) is 8.69. The number of benzene rings is 1. The van der Waals surface area contributed by atoms with Crippen LogP contribution in [0.15, 0.2) is 47.5 Å². The zero-order chi connectivity index (χ0) is 24.5. The number of anilines is 1. The van der Waals surface area contributed by atoms with Gasteiger partial charge in [-0.05, 0) is 37.3 Å². The Morgan fingerprint density at radius 1 is 1.21 bits per heavy atom. The Bertz CT molecular complexity index is 992. The second-order valence-corrected chi connectivity index (χ2v) is 8.69. The van der Waals surface area contributed by atoms with Gasteiger partial charge in [0.05, 0.1) is 0 Å². The monoisotopic (exact) mass is 466 g/mol. The topological polar surface area (TPSA) is 105 Å². The van der Waals surface area contributed by atoms with Crippen molar-refractivity contribution in [1.29, 1.82) is 0 Å². The highest BCUT2D eigenvalue weighted by molar-refractivity contribution is 5.94. The van der Waals surface area contributed by atoms with E-state index in [1.165, 1.54) is 4.90 Å². The van der Waals surface area contributed by atoms with Crippen molar-refractivity contribution in [2.45, 2.75) is 70.9 Å². The third-order valence-corrected chi connectivity index (χ3v) is 6.07. The molecule has 0 unspecified atom stereocenters. The fraction of sp³-hybridized carbons (Fsp3) is 0.462. The number of nitrogens with zero attached hydrogens (tertiary/aromatic N) is 2. The van der Waals surface area contributed by atoms with E-state index < -0.39 is 6.04 Å². The first kappa shape index (κ1) is 25.2. The van der Waals surface area contributed by atoms with Crippen LogP contribution in [0.3, 0.4) is 0 Å². The summed E-state index contributed by atoms with van der Waals surface area (Å²) in [4.78, 5) is 40.5. The van der Waals surface area contributed by atoms with Crippen LogP contribution in [-0.4, -0.2) is 40.4 Å². The summed E-state index contributed by atoms with van der Waals surface area (Å²) in [6, 6.07) is 8.71. The van der Waals surface area contributed by atoms with Crippen molar-refractivity contribution in [2.75, 3.05) is 11.9 Å². The maximum absolute atomic E-state index is 13.4. The summed E-state index contributed by atoms with van der Waals surface area (Å²) < 4.78 is 4.94. The maximum Gasteiger partial charge on any atom is 0.247 e. The smallest absolute Gasteiger partial charge is 0.247 e. The van der Waals surface area contributed by atoms with Crippen LogP contribution in [0.4, 0.5) is 5.82 Å². The summed E-state index contributed by atoms with van der Waals surface area (Å²) in [5.41, 5.74) is 1.89. The van der Waals surface area contributed by atoms with E-state index in [-0.39, 0.29) is 43.1 Å². The molecular weight excluding hydrogens is 432 g/mol. The molecule has 1 heterocycles. The molecule has 2 N–H and O–H groups in total. The van der Waals surface area contributed by atoms with E-state index in [0.29, 0.717) is 11.6 Å². The van der Waals surface area contributed by atoms with Gasteiger partial charge in [-0.2, -0.15) is 0 Å². The Morgan fingerprint density at radius 3 is 2.50 bits per heavy atom. The van der Waals surface area contributed by atoms with E-state index in [4.69, 9.17) is 4.52 Å². The van der Waals surface area contributed by atoms with Gasteiger partial charge in [0.2, 0.25) is 17.7 Å².